The van der Waals surface area contributed by atoms with Gasteiger partial charge in [0.2, 0.25) is 0 Å². The monoisotopic (exact) mass is 777 g/mol. The fraction of sp³-hybridized carbons (Fsp3) is 0.500. The van der Waals surface area contributed by atoms with Gasteiger partial charge in [-0.1, -0.05) is 97.9 Å². The maximum Gasteiger partial charge on any atom is 0.0543 e. The molecule has 1 aromatic heterocycles. The molecule has 0 aliphatic heterocycles. The Morgan fingerprint density at radius 3 is 1.29 bits per heavy atom. The number of anilines is 2. The number of hydrogen-bond donors (Lipinski definition) is 2. The van der Waals surface area contributed by atoms with Gasteiger partial charge in [0.1, 0.15) is 0 Å². The molecule has 0 aliphatic rings. The standard InChI is InChI=1S/C34H50N4.2ClH.Ir/c1-24(2)29-14-11-15-30(25(3)4)33(29)36-19-21-38(23-28-13-9-10-18-35-28)22-20-37-34-31(26(5)6)16-12-17-32(34)27(7)8;;;/h9-18,24-27,36-37H,19-23H2,1-8H3;2*1H;/p-2. The fourth-order valence-electron chi connectivity index (χ4n) is 5.18. The van der Waals surface area contributed by atoms with Gasteiger partial charge in [0.15, 0.2) is 0 Å². The van der Waals surface area contributed by atoms with Crippen LogP contribution in [0.5, 0.6) is 0 Å². The molecule has 2 aromatic carbocycles. The van der Waals surface area contributed by atoms with E-state index in [1.54, 1.807) is 0 Å². The van der Waals surface area contributed by atoms with Crippen molar-refractivity contribution >= 4 is 11.4 Å². The molecule has 0 bridgehead atoms. The van der Waals surface area contributed by atoms with Crippen LogP contribution in [0.4, 0.5) is 11.4 Å². The van der Waals surface area contributed by atoms with Crippen molar-refractivity contribution < 1.29 is 44.9 Å². The van der Waals surface area contributed by atoms with Gasteiger partial charge < -0.3 is 35.4 Å². The number of pyridine rings is 1. The quantitative estimate of drug-likeness (QED) is 0.265. The molecule has 0 aliphatic carbocycles. The van der Waals surface area contributed by atoms with E-state index >= 15 is 0 Å². The van der Waals surface area contributed by atoms with Crippen LogP contribution >= 0.6 is 0 Å². The van der Waals surface area contributed by atoms with Crippen LogP contribution in [0.15, 0.2) is 60.8 Å². The number of nitrogens with zero attached hydrogens (tertiary/aromatic N) is 2. The number of hydrogen-bond acceptors (Lipinski definition) is 4. The summed E-state index contributed by atoms with van der Waals surface area (Å²) in [4.78, 5) is 7.13. The molecule has 0 unspecified atom stereocenters. The molecule has 3 rings (SSSR count). The molecule has 2 N–H and O–H groups in total. The second-order valence-corrected chi connectivity index (χ2v) is 11.7. The Labute approximate surface area is 276 Å². The van der Waals surface area contributed by atoms with Crippen LogP contribution in [-0.2, 0) is 26.7 Å². The van der Waals surface area contributed by atoms with Crippen molar-refractivity contribution in [2.24, 2.45) is 0 Å². The first-order valence-electron chi connectivity index (χ1n) is 14.5. The molecule has 1 heterocycles. The smallest absolute Gasteiger partial charge is 0.0543 e. The van der Waals surface area contributed by atoms with E-state index in [9.17, 15) is 0 Å². The predicted octanol–water partition coefficient (Wildman–Crippen LogP) is 2.61. The molecule has 7 heteroatoms. The fourth-order valence-corrected chi connectivity index (χ4v) is 5.18. The number of nitrogens with one attached hydrogen (secondary N) is 2. The van der Waals surface area contributed by atoms with Crippen LogP contribution in [0.3, 0.4) is 0 Å². The average Bonchev–Trinajstić information content (AvgIpc) is 2.88. The van der Waals surface area contributed by atoms with Gasteiger partial charge in [0, 0.05) is 70.4 Å². The van der Waals surface area contributed by atoms with E-state index in [2.05, 4.69) is 124 Å². The van der Waals surface area contributed by atoms with Crippen LogP contribution in [0, 0.1) is 0 Å². The molecule has 0 amide bonds. The van der Waals surface area contributed by atoms with E-state index in [1.807, 2.05) is 12.3 Å². The summed E-state index contributed by atoms with van der Waals surface area (Å²) in [6.45, 7) is 22.8. The third kappa shape index (κ3) is 11.5. The Balaban J connectivity index is 0.00000533. The maximum atomic E-state index is 4.62. The van der Waals surface area contributed by atoms with Gasteiger partial charge in [-0.05, 0) is 58.1 Å². The van der Waals surface area contributed by atoms with Crippen LogP contribution in [-0.4, -0.2) is 36.1 Å². The molecule has 0 saturated heterocycles. The number of aromatic nitrogens is 1. The largest absolute Gasteiger partial charge is 1.00 e. The topological polar surface area (TPSA) is 40.2 Å². The Hall–Kier alpha value is -1.62. The van der Waals surface area contributed by atoms with Crippen molar-refractivity contribution in [1.29, 1.82) is 0 Å². The van der Waals surface area contributed by atoms with Crippen molar-refractivity contribution in [3.8, 4) is 0 Å². The zero-order valence-electron chi connectivity index (χ0n) is 26.1. The van der Waals surface area contributed by atoms with Gasteiger partial charge >= 0.3 is 0 Å². The number of benzene rings is 2. The zero-order chi connectivity index (χ0) is 27.7. The minimum Gasteiger partial charge on any atom is -1.00 e. The summed E-state index contributed by atoms with van der Waals surface area (Å²) >= 11 is 0. The van der Waals surface area contributed by atoms with Crippen molar-refractivity contribution in [2.45, 2.75) is 85.6 Å². The van der Waals surface area contributed by atoms with Crippen molar-refractivity contribution in [2.75, 3.05) is 36.8 Å². The molecule has 3 aromatic rings. The first kappa shape index (κ1) is 39.4. The summed E-state index contributed by atoms with van der Waals surface area (Å²) in [7, 11) is 0. The average molecular weight is 778 g/mol. The minimum atomic E-state index is 0. The Bertz CT molecular complexity index is 1010. The van der Waals surface area contributed by atoms with E-state index < -0.39 is 0 Å². The normalized spacial score (nSPS) is 11.0. The minimum absolute atomic E-state index is 0. The van der Waals surface area contributed by atoms with Gasteiger partial charge in [0.25, 0.3) is 0 Å². The summed E-state index contributed by atoms with van der Waals surface area (Å²) in [5, 5.41) is 7.67. The molecule has 231 valence electrons. The Kier molecular flexibility index (Phi) is 18.8. The first-order chi connectivity index (χ1) is 18.2. The first-order valence-corrected chi connectivity index (χ1v) is 14.5. The summed E-state index contributed by atoms with van der Waals surface area (Å²) in [6.07, 6.45) is 1.89. The summed E-state index contributed by atoms with van der Waals surface area (Å²) in [5.41, 5.74) is 9.37. The SMILES string of the molecule is CC(C)c1cccc(C(C)C)c1NCCN(CCNc1c(C(C)C)cccc1C(C)C)Cc1ccccn1.[Cl-].[Cl-].[Ir]. The van der Waals surface area contributed by atoms with Crippen molar-refractivity contribution in [3.05, 3.63) is 88.7 Å². The van der Waals surface area contributed by atoms with Crippen molar-refractivity contribution in [3.63, 3.8) is 0 Å². The van der Waals surface area contributed by atoms with Gasteiger partial charge in [-0.2, -0.15) is 0 Å². The number of rotatable bonds is 14. The number of para-hydroxylation sites is 2. The van der Waals surface area contributed by atoms with Crippen LogP contribution in [0.2, 0.25) is 0 Å². The molecule has 0 fully saturated rings. The van der Waals surface area contributed by atoms with Crippen LogP contribution < -0.4 is 35.4 Å². The zero-order valence-corrected chi connectivity index (χ0v) is 30.0. The third-order valence-corrected chi connectivity index (χ3v) is 7.32. The Morgan fingerprint density at radius 2 is 0.976 bits per heavy atom. The van der Waals surface area contributed by atoms with E-state index in [-0.39, 0.29) is 44.9 Å². The molecule has 0 saturated carbocycles. The van der Waals surface area contributed by atoms with E-state index in [0.717, 1.165) is 38.4 Å². The second-order valence-electron chi connectivity index (χ2n) is 11.7. The summed E-state index contributed by atoms with van der Waals surface area (Å²) < 4.78 is 0. The number of halogens is 2. The summed E-state index contributed by atoms with van der Waals surface area (Å²) in [5.74, 6) is 1.95. The molecule has 0 spiro atoms. The van der Waals surface area contributed by atoms with Crippen LogP contribution in [0.1, 0.15) is 107 Å². The second kappa shape index (κ2) is 19.5. The third-order valence-electron chi connectivity index (χ3n) is 7.32. The van der Waals surface area contributed by atoms with E-state index in [4.69, 9.17) is 0 Å². The molecule has 4 nitrogen and oxygen atoms in total. The van der Waals surface area contributed by atoms with Crippen molar-refractivity contribution in [1.82, 2.24) is 9.88 Å². The van der Waals surface area contributed by atoms with E-state index in [1.165, 1.54) is 33.6 Å². The van der Waals surface area contributed by atoms with Gasteiger partial charge in [0.05, 0.1) is 5.69 Å². The van der Waals surface area contributed by atoms with Gasteiger partial charge in [-0.25, -0.2) is 0 Å². The molecule has 0 atom stereocenters. The molecular formula is C34H50Cl2IrN4-2. The van der Waals surface area contributed by atoms with Gasteiger partial charge in [-0.3, -0.25) is 9.88 Å². The molecular weight excluding hydrogens is 728 g/mol. The molecule has 1 radical (unpaired) electrons. The van der Waals surface area contributed by atoms with Gasteiger partial charge in [-0.15, -0.1) is 0 Å². The van der Waals surface area contributed by atoms with E-state index in [0.29, 0.717) is 23.7 Å². The maximum absolute atomic E-state index is 4.62. The predicted molar refractivity (Wildman–Crippen MR) is 166 cm³/mol. The summed E-state index contributed by atoms with van der Waals surface area (Å²) in [6, 6.07) is 19.7. The van der Waals surface area contributed by atoms with Crippen LogP contribution in [0.25, 0.3) is 0 Å². The Morgan fingerprint density at radius 1 is 0.585 bits per heavy atom. The molecule has 41 heavy (non-hydrogen) atoms.